The predicted octanol–water partition coefficient (Wildman–Crippen LogP) is 3.91. The van der Waals surface area contributed by atoms with Crippen LogP contribution in [0.1, 0.15) is 22.4 Å². The van der Waals surface area contributed by atoms with Gasteiger partial charge in [-0.2, -0.15) is 0 Å². The number of rotatable bonds is 4. The van der Waals surface area contributed by atoms with Crippen molar-refractivity contribution in [3.05, 3.63) is 98.4 Å². The van der Waals surface area contributed by atoms with Crippen LogP contribution in [0.3, 0.4) is 0 Å². The Morgan fingerprint density at radius 2 is 1.97 bits per heavy atom. The molecule has 1 aliphatic heterocycles. The van der Waals surface area contributed by atoms with Crippen LogP contribution in [0.25, 0.3) is 5.57 Å². The lowest BCUT2D eigenvalue weighted by Crippen LogP contribution is -2.36. The van der Waals surface area contributed by atoms with Crippen LogP contribution in [0.2, 0.25) is 5.02 Å². The Balaban J connectivity index is 1.41. The minimum Gasteiger partial charge on any atom is -0.378 e. The van der Waals surface area contributed by atoms with E-state index >= 15 is 0 Å². The third-order valence-corrected chi connectivity index (χ3v) is 6.06. The Kier molecular flexibility index (Phi) is 5.34. The van der Waals surface area contributed by atoms with Crippen LogP contribution < -0.4 is 10.5 Å². The summed E-state index contributed by atoms with van der Waals surface area (Å²) in [6.45, 7) is 3.47. The van der Waals surface area contributed by atoms with Gasteiger partial charge in [0.15, 0.2) is 0 Å². The molecule has 1 aromatic carbocycles. The van der Waals surface area contributed by atoms with Crippen molar-refractivity contribution in [2.45, 2.75) is 13.0 Å². The highest BCUT2D eigenvalue weighted by atomic mass is 35.5. The molecule has 2 aromatic heterocycles. The molecule has 1 fully saturated rings. The van der Waals surface area contributed by atoms with Crippen molar-refractivity contribution >= 4 is 22.9 Å². The maximum atomic E-state index is 13.4. The first-order valence-electron chi connectivity index (χ1n) is 10.3. The van der Waals surface area contributed by atoms with Gasteiger partial charge in [0, 0.05) is 37.3 Å². The molecule has 5 rings (SSSR count). The zero-order valence-electron chi connectivity index (χ0n) is 16.9. The maximum Gasteiger partial charge on any atom is 0.251 e. The number of benzene rings is 1. The Morgan fingerprint density at radius 1 is 1.13 bits per heavy atom. The van der Waals surface area contributed by atoms with Gasteiger partial charge in [-0.25, -0.2) is 4.39 Å². The van der Waals surface area contributed by atoms with E-state index in [-0.39, 0.29) is 10.6 Å². The van der Waals surface area contributed by atoms with Gasteiger partial charge in [0.1, 0.15) is 5.82 Å². The number of ether oxygens (including phenoxy) is 1. The van der Waals surface area contributed by atoms with Crippen molar-refractivity contribution < 1.29 is 9.13 Å². The second-order valence-electron chi connectivity index (χ2n) is 7.74. The number of anilines is 1. The molecule has 3 heterocycles. The lowest BCUT2D eigenvalue weighted by atomic mass is 10.0. The van der Waals surface area contributed by atoms with Gasteiger partial charge in [-0.1, -0.05) is 23.7 Å². The number of fused-ring (bicyclic) bond motifs is 1. The smallest absolute Gasteiger partial charge is 0.251 e. The van der Waals surface area contributed by atoms with Crippen molar-refractivity contribution in [1.82, 2.24) is 9.55 Å². The lowest BCUT2D eigenvalue weighted by molar-refractivity contribution is 0.122. The predicted molar refractivity (Wildman–Crippen MR) is 119 cm³/mol. The van der Waals surface area contributed by atoms with Gasteiger partial charge in [-0.15, -0.1) is 0 Å². The van der Waals surface area contributed by atoms with E-state index in [0.717, 1.165) is 66.4 Å². The molecular weight excluding hydrogens is 417 g/mol. The summed E-state index contributed by atoms with van der Waals surface area (Å²) in [7, 11) is 0. The molecular formula is C24H21ClFN3O2. The normalized spacial score (nSPS) is 15.7. The van der Waals surface area contributed by atoms with Crippen LogP contribution in [0.4, 0.5) is 10.1 Å². The van der Waals surface area contributed by atoms with Gasteiger partial charge < -0.3 is 14.2 Å². The average Bonchev–Trinajstić information content (AvgIpc) is 3.21. The fourth-order valence-corrected chi connectivity index (χ4v) is 4.30. The number of pyridine rings is 2. The van der Waals surface area contributed by atoms with E-state index in [1.807, 2.05) is 12.3 Å². The van der Waals surface area contributed by atoms with Crippen molar-refractivity contribution in [2.24, 2.45) is 0 Å². The minimum atomic E-state index is -0.468. The molecule has 0 spiro atoms. The number of morpholine rings is 1. The summed E-state index contributed by atoms with van der Waals surface area (Å²) >= 11 is 5.86. The van der Waals surface area contributed by atoms with Crippen molar-refractivity contribution in [3.63, 3.8) is 0 Å². The van der Waals surface area contributed by atoms with E-state index in [9.17, 15) is 9.18 Å². The van der Waals surface area contributed by atoms with Crippen molar-refractivity contribution in [3.8, 4) is 0 Å². The van der Waals surface area contributed by atoms with Gasteiger partial charge in [0.05, 0.1) is 42.4 Å². The minimum absolute atomic E-state index is 0.0541. The van der Waals surface area contributed by atoms with E-state index < -0.39 is 5.82 Å². The quantitative estimate of drug-likeness (QED) is 0.621. The summed E-state index contributed by atoms with van der Waals surface area (Å²) in [4.78, 5) is 19.7. The largest absolute Gasteiger partial charge is 0.378 e. The molecule has 2 aliphatic rings. The van der Waals surface area contributed by atoms with Gasteiger partial charge in [-0.05, 0) is 41.0 Å². The van der Waals surface area contributed by atoms with Crippen LogP contribution in [-0.4, -0.2) is 35.9 Å². The standard InChI is InChI=1S/C24H21ClFN3O2/c25-21-11-16(1-3-22(21)26)15-29-6-5-17(12-24(29)30)19-2-4-23-20(19)13-18(14-27-23)28-7-9-31-10-8-28/h1-3,5-6,11-14H,4,7-10,15H2. The molecule has 0 unspecified atom stereocenters. The number of hydrogen-bond donors (Lipinski definition) is 0. The Hall–Kier alpha value is -2.96. The van der Waals surface area contributed by atoms with Crippen LogP contribution in [-0.2, 0) is 17.7 Å². The summed E-state index contributed by atoms with van der Waals surface area (Å²) in [5.74, 6) is -0.468. The molecule has 0 saturated carbocycles. The monoisotopic (exact) mass is 437 g/mol. The first-order valence-corrected chi connectivity index (χ1v) is 10.6. The molecule has 0 N–H and O–H groups in total. The van der Waals surface area contributed by atoms with Gasteiger partial charge in [0.25, 0.3) is 5.56 Å². The molecule has 0 atom stereocenters. The summed E-state index contributed by atoms with van der Waals surface area (Å²) < 4.78 is 20.4. The fourth-order valence-electron chi connectivity index (χ4n) is 4.10. The summed E-state index contributed by atoms with van der Waals surface area (Å²) in [5.41, 5.74) is 5.74. The summed E-state index contributed by atoms with van der Waals surface area (Å²) in [6, 6.07) is 10.2. The summed E-state index contributed by atoms with van der Waals surface area (Å²) in [6.07, 6.45) is 6.57. The number of aromatic nitrogens is 2. The highest BCUT2D eigenvalue weighted by Gasteiger charge is 2.20. The second kappa shape index (κ2) is 8.29. The van der Waals surface area contributed by atoms with E-state index in [1.54, 1.807) is 29.0 Å². The second-order valence-corrected chi connectivity index (χ2v) is 8.15. The highest BCUT2D eigenvalue weighted by Crippen LogP contribution is 2.33. The van der Waals surface area contributed by atoms with Gasteiger partial charge in [0.2, 0.25) is 0 Å². The molecule has 0 bridgehead atoms. The molecule has 1 aliphatic carbocycles. The van der Waals surface area contributed by atoms with Crippen LogP contribution in [0.5, 0.6) is 0 Å². The third-order valence-electron chi connectivity index (χ3n) is 5.77. The van der Waals surface area contributed by atoms with Crippen LogP contribution >= 0.6 is 11.6 Å². The average molecular weight is 438 g/mol. The molecule has 0 amide bonds. The topological polar surface area (TPSA) is 47.4 Å². The van der Waals surface area contributed by atoms with E-state index in [2.05, 4.69) is 22.0 Å². The number of nitrogens with zero attached hydrogens (tertiary/aromatic N) is 3. The third kappa shape index (κ3) is 4.01. The first-order chi connectivity index (χ1) is 15.1. The molecule has 5 nitrogen and oxygen atoms in total. The SMILES string of the molecule is O=c1cc(C2=CCc3ncc(N4CCOCC4)cc32)ccn1Cc1ccc(F)c(Cl)c1. The zero-order chi connectivity index (χ0) is 21.4. The molecule has 158 valence electrons. The molecule has 7 heteroatoms. The highest BCUT2D eigenvalue weighted by molar-refractivity contribution is 6.30. The number of halogens is 2. The zero-order valence-corrected chi connectivity index (χ0v) is 17.6. The maximum absolute atomic E-state index is 13.4. The molecule has 31 heavy (non-hydrogen) atoms. The first kappa shape index (κ1) is 20.0. The number of allylic oxidation sites excluding steroid dienone is 1. The number of hydrogen-bond acceptors (Lipinski definition) is 4. The van der Waals surface area contributed by atoms with E-state index in [1.165, 1.54) is 6.07 Å². The summed E-state index contributed by atoms with van der Waals surface area (Å²) in [5, 5.41) is 0.0541. The van der Waals surface area contributed by atoms with Crippen LogP contribution in [0, 0.1) is 5.82 Å². The van der Waals surface area contributed by atoms with Gasteiger partial charge >= 0.3 is 0 Å². The molecule has 0 radical (unpaired) electrons. The fraction of sp³-hybridized carbons (Fsp3) is 0.250. The molecule has 1 saturated heterocycles. The van der Waals surface area contributed by atoms with Crippen molar-refractivity contribution in [2.75, 3.05) is 31.2 Å². The Bertz CT molecular complexity index is 1230. The Labute approximate surface area is 184 Å². The Morgan fingerprint density at radius 3 is 2.74 bits per heavy atom. The van der Waals surface area contributed by atoms with Crippen molar-refractivity contribution in [1.29, 1.82) is 0 Å². The lowest BCUT2D eigenvalue weighted by Gasteiger charge is -2.29. The van der Waals surface area contributed by atoms with E-state index in [0.29, 0.717) is 6.54 Å². The van der Waals surface area contributed by atoms with Gasteiger partial charge in [-0.3, -0.25) is 9.78 Å². The van der Waals surface area contributed by atoms with E-state index in [4.69, 9.17) is 16.3 Å². The van der Waals surface area contributed by atoms with Crippen LogP contribution in [0.15, 0.2) is 59.7 Å². The molecule has 3 aromatic rings.